The van der Waals surface area contributed by atoms with E-state index in [0.29, 0.717) is 23.4 Å². The van der Waals surface area contributed by atoms with Crippen molar-refractivity contribution in [1.82, 2.24) is 19.4 Å². The summed E-state index contributed by atoms with van der Waals surface area (Å²) in [6.07, 6.45) is 2.41. The predicted octanol–water partition coefficient (Wildman–Crippen LogP) is 6.47. The second-order valence-corrected chi connectivity index (χ2v) is 16.3. The van der Waals surface area contributed by atoms with Gasteiger partial charge in [0.25, 0.3) is 5.92 Å². The van der Waals surface area contributed by atoms with Gasteiger partial charge in [-0.25, -0.2) is 13.6 Å². The minimum absolute atomic E-state index is 0.0823. The quantitative estimate of drug-likeness (QED) is 0.183. The van der Waals surface area contributed by atoms with Gasteiger partial charge in [-0.1, -0.05) is 48.5 Å². The molecule has 9 rings (SSSR count). The zero-order valence-electron chi connectivity index (χ0n) is 32.1. The first-order valence-electron chi connectivity index (χ1n) is 20.2. The lowest BCUT2D eigenvalue weighted by molar-refractivity contribution is -0.135. The number of phenols is 1. The number of fused-ring (bicyclic) bond motifs is 2. The number of hydrogen-bond donors (Lipinski definition) is 2. The van der Waals surface area contributed by atoms with E-state index in [2.05, 4.69) is 44.3 Å². The molecular formula is C45H48F2N6O4. The summed E-state index contributed by atoms with van der Waals surface area (Å²) in [4.78, 5) is 44.9. The van der Waals surface area contributed by atoms with E-state index >= 15 is 8.78 Å². The lowest BCUT2D eigenvalue weighted by Crippen LogP contribution is -2.49. The summed E-state index contributed by atoms with van der Waals surface area (Å²) in [6, 6.07) is 27.8. The van der Waals surface area contributed by atoms with Crippen LogP contribution in [0.3, 0.4) is 0 Å². The van der Waals surface area contributed by atoms with Crippen LogP contribution in [-0.4, -0.2) is 76.8 Å². The fourth-order valence-electron chi connectivity index (χ4n) is 9.87. The Morgan fingerprint density at radius 3 is 2.18 bits per heavy atom. The summed E-state index contributed by atoms with van der Waals surface area (Å²) in [5, 5.41) is 12.5. The third kappa shape index (κ3) is 6.98. The fourth-order valence-corrected chi connectivity index (χ4v) is 9.87. The number of hydrogen-bond acceptors (Lipinski definition) is 7. The number of piperidine rings is 2. The normalized spacial score (nSPS) is 23.1. The van der Waals surface area contributed by atoms with Crippen LogP contribution in [0.2, 0.25) is 0 Å². The van der Waals surface area contributed by atoms with E-state index in [1.165, 1.54) is 16.7 Å². The molecule has 296 valence electrons. The summed E-state index contributed by atoms with van der Waals surface area (Å²) in [7, 11) is 1.73. The van der Waals surface area contributed by atoms with Crippen LogP contribution in [0.15, 0.2) is 95.8 Å². The number of anilines is 2. The largest absolute Gasteiger partial charge is 0.508 e. The van der Waals surface area contributed by atoms with Crippen LogP contribution in [0.4, 0.5) is 20.2 Å². The van der Waals surface area contributed by atoms with E-state index in [9.17, 15) is 19.5 Å². The molecule has 2 amide bonds. The van der Waals surface area contributed by atoms with Gasteiger partial charge in [0.1, 0.15) is 11.8 Å². The predicted molar refractivity (Wildman–Crippen MR) is 216 cm³/mol. The average Bonchev–Trinajstić information content (AvgIpc) is 3.47. The van der Waals surface area contributed by atoms with E-state index in [1.807, 2.05) is 48.5 Å². The second kappa shape index (κ2) is 14.8. The van der Waals surface area contributed by atoms with Crippen molar-refractivity contribution in [3.63, 3.8) is 0 Å². The van der Waals surface area contributed by atoms with Crippen LogP contribution in [0.25, 0.3) is 11.0 Å². The molecule has 5 aromatic rings. The third-order valence-electron chi connectivity index (χ3n) is 13.0. The maximum absolute atomic E-state index is 15.6. The topological polar surface area (TPSA) is 103 Å². The molecule has 3 atom stereocenters. The fraction of sp³-hybridized carbons (Fsp3) is 0.400. The van der Waals surface area contributed by atoms with E-state index in [1.54, 1.807) is 17.7 Å². The molecule has 0 unspecified atom stereocenters. The molecule has 0 saturated carbocycles. The number of imide groups is 1. The summed E-state index contributed by atoms with van der Waals surface area (Å²) in [5.74, 6) is -3.97. The zero-order valence-corrected chi connectivity index (χ0v) is 32.1. The van der Waals surface area contributed by atoms with E-state index < -0.39 is 23.8 Å². The Morgan fingerprint density at radius 2 is 1.46 bits per heavy atom. The number of aromatic nitrogens is 2. The van der Waals surface area contributed by atoms with Crippen molar-refractivity contribution >= 4 is 34.2 Å². The van der Waals surface area contributed by atoms with Crippen molar-refractivity contribution in [1.29, 1.82) is 0 Å². The number of alkyl halides is 2. The van der Waals surface area contributed by atoms with Gasteiger partial charge >= 0.3 is 5.69 Å². The Labute approximate surface area is 330 Å². The van der Waals surface area contributed by atoms with Gasteiger partial charge < -0.3 is 14.9 Å². The van der Waals surface area contributed by atoms with Gasteiger partial charge in [0.05, 0.1) is 11.0 Å². The van der Waals surface area contributed by atoms with Gasteiger partial charge in [0.15, 0.2) is 0 Å². The molecule has 1 aliphatic carbocycles. The molecule has 4 aromatic carbocycles. The highest BCUT2D eigenvalue weighted by molar-refractivity contribution is 6.00. The number of phenolic OH excluding ortho intramolecular Hbond substituents is 1. The monoisotopic (exact) mass is 774 g/mol. The lowest BCUT2D eigenvalue weighted by atomic mass is 9.68. The average molecular weight is 775 g/mol. The number of carbonyl (C=O) groups excluding carboxylic acids is 2. The van der Waals surface area contributed by atoms with E-state index in [-0.39, 0.29) is 41.7 Å². The Bertz CT molecular complexity index is 2360. The summed E-state index contributed by atoms with van der Waals surface area (Å²) >= 11 is 0. The molecule has 0 radical (unpaired) electrons. The minimum Gasteiger partial charge on any atom is -0.508 e. The molecule has 57 heavy (non-hydrogen) atoms. The SMILES string of the molecule is Cn1c(=O)n([C@H]2CCC(=O)NC2=O)c2ccc(N3CCN(CC4CCN(c5ccc([C@@H]6c7ccc(O)cc7C(F)(F)C[C@@H]6c6ccccc6)cc5)CC4)CC3)cc21. The van der Waals surface area contributed by atoms with Crippen molar-refractivity contribution in [3.8, 4) is 5.75 Å². The molecule has 3 aliphatic heterocycles. The molecule has 3 fully saturated rings. The summed E-state index contributed by atoms with van der Waals surface area (Å²) < 4.78 is 34.2. The van der Waals surface area contributed by atoms with Crippen LogP contribution in [0.1, 0.15) is 72.2 Å². The number of halogens is 2. The molecular weight excluding hydrogens is 727 g/mol. The Balaban J connectivity index is 0.816. The van der Waals surface area contributed by atoms with Crippen LogP contribution in [0, 0.1) is 5.92 Å². The van der Waals surface area contributed by atoms with E-state index in [0.717, 1.165) is 86.7 Å². The molecule has 3 saturated heterocycles. The lowest BCUT2D eigenvalue weighted by Gasteiger charge is -2.40. The molecule has 1 aromatic heterocycles. The minimum atomic E-state index is -3.05. The van der Waals surface area contributed by atoms with E-state index in [4.69, 9.17) is 0 Å². The first-order chi connectivity index (χ1) is 27.5. The van der Waals surface area contributed by atoms with Crippen LogP contribution < -0.4 is 20.8 Å². The van der Waals surface area contributed by atoms with Crippen molar-refractivity contribution in [2.45, 2.75) is 55.9 Å². The molecule has 0 bridgehead atoms. The number of nitrogens with zero attached hydrogens (tertiary/aromatic N) is 5. The van der Waals surface area contributed by atoms with Crippen LogP contribution >= 0.6 is 0 Å². The highest BCUT2D eigenvalue weighted by Gasteiger charge is 2.47. The number of aromatic hydroxyl groups is 1. The maximum Gasteiger partial charge on any atom is 0.329 e. The number of piperazine rings is 1. The van der Waals surface area contributed by atoms with Gasteiger partial charge in [-0.3, -0.25) is 28.9 Å². The molecule has 2 N–H and O–H groups in total. The zero-order chi connectivity index (χ0) is 39.4. The summed E-state index contributed by atoms with van der Waals surface area (Å²) in [6.45, 7) is 6.66. The Kier molecular flexibility index (Phi) is 9.63. The van der Waals surface area contributed by atoms with Gasteiger partial charge in [-0.2, -0.15) is 0 Å². The van der Waals surface area contributed by atoms with Crippen LogP contribution in [-0.2, 0) is 22.6 Å². The number of aryl methyl sites for hydroxylation is 1. The Morgan fingerprint density at radius 1 is 0.754 bits per heavy atom. The first kappa shape index (κ1) is 37.1. The van der Waals surface area contributed by atoms with Gasteiger partial charge in [0.2, 0.25) is 11.8 Å². The second-order valence-electron chi connectivity index (χ2n) is 16.3. The van der Waals surface area contributed by atoms with Crippen LogP contribution in [0.5, 0.6) is 5.75 Å². The number of imidazole rings is 1. The number of carbonyl (C=O) groups is 2. The standard InChI is InChI=1S/C45H48F2N6O4/c1-49-40-25-33(11-14-38(40)53(44(49)57)39-15-16-41(55)48-43(39)56)52-23-21-50(22-24-52)28-29-17-19-51(20-18-29)32-9-7-31(8-10-32)42-35-13-12-34(54)26-37(35)45(46,47)27-36(42)30-5-3-2-4-6-30/h2-14,25-26,29,36,39,42,54H,15-24,27-28H2,1H3,(H,48,55,56)/t36-,39+,42-/m1/s1. The first-order valence-corrected chi connectivity index (χ1v) is 20.2. The maximum atomic E-state index is 15.6. The number of rotatable bonds is 7. The number of nitrogens with one attached hydrogen (secondary N) is 1. The number of amides is 2. The van der Waals surface area contributed by atoms with Crippen molar-refractivity contribution in [3.05, 3.63) is 124 Å². The molecule has 4 aliphatic rings. The van der Waals surface area contributed by atoms with Crippen molar-refractivity contribution in [2.24, 2.45) is 13.0 Å². The highest BCUT2D eigenvalue weighted by atomic mass is 19.3. The molecule has 10 nitrogen and oxygen atoms in total. The third-order valence-corrected chi connectivity index (χ3v) is 13.0. The number of benzene rings is 4. The smallest absolute Gasteiger partial charge is 0.329 e. The van der Waals surface area contributed by atoms with Gasteiger partial charge in [0, 0.05) is 94.5 Å². The Hall–Kier alpha value is -5.49. The molecule has 0 spiro atoms. The van der Waals surface area contributed by atoms with Gasteiger partial charge in [-0.15, -0.1) is 0 Å². The van der Waals surface area contributed by atoms with Crippen molar-refractivity contribution in [2.75, 3.05) is 55.6 Å². The van der Waals surface area contributed by atoms with Crippen molar-refractivity contribution < 1.29 is 23.5 Å². The van der Waals surface area contributed by atoms with Gasteiger partial charge in [-0.05, 0) is 84.3 Å². The molecule has 4 heterocycles. The summed E-state index contributed by atoms with van der Waals surface area (Å²) in [5.41, 5.74) is 5.79. The highest BCUT2D eigenvalue weighted by Crippen LogP contribution is 2.55. The molecule has 12 heteroatoms.